The van der Waals surface area contributed by atoms with Crippen molar-refractivity contribution in [3.8, 4) is 0 Å². The Balaban J connectivity index is 2.14. The second kappa shape index (κ2) is 6.20. The summed E-state index contributed by atoms with van der Waals surface area (Å²) in [6, 6.07) is 8.18. The number of aliphatic carboxylic acids is 1. The normalized spacial score (nSPS) is 21.3. The van der Waals surface area contributed by atoms with E-state index < -0.39 is 11.9 Å². The number of rotatable bonds is 4. The van der Waals surface area contributed by atoms with Crippen LogP contribution >= 0.6 is 0 Å². The van der Waals surface area contributed by atoms with Crippen molar-refractivity contribution in [1.82, 2.24) is 5.32 Å². The summed E-state index contributed by atoms with van der Waals surface area (Å²) >= 11 is 0. The second-order valence-corrected chi connectivity index (χ2v) is 5.77. The molecule has 0 radical (unpaired) electrons. The molecule has 2 atom stereocenters. The van der Waals surface area contributed by atoms with Crippen molar-refractivity contribution in [3.05, 3.63) is 35.4 Å². The second-order valence-electron chi connectivity index (χ2n) is 5.77. The Kier molecular flexibility index (Phi) is 4.59. The van der Waals surface area contributed by atoms with E-state index >= 15 is 0 Å². The van der Waals surface area contributed by atoms with Gasteiger partial charge in [-0.25, -0.2) is 0 Å². The monoisotopic (exact) mass is 261 g/mol. The van der Waals surface area contributed by atoms with E-state index in [0.717, 1.165) is 18.7 Å². The number of benzene rings is 1. The average molecular weight is 261 g/mol. The lowest BCUT2D eigenvalue weighted by Crippen LogP contribution is -2.28. The van der Waals surface area contributed by atoms with Gasteiger partial charge in [-0.15, -0.1) is 0 Å². The fourth-order valence-electron chi connectivity index (χ4n) is 2.92. The summed E-state index contributed by atoms with van der Waals surface area (Å²) in [4.78, 5) is 11.3. The maximum absolute atomic E-state index is 11.3. The Morgan fingerprint density at radius 2 is 2.00 bits per heavy atom. The van der Waals surface area contributed by atoms with E-state index in [9.17, 15) is 9.90 Å². The summed E-state index contributed by atoms with van der Waals surface area (Å²) in [5, 5.41) is 12.7. The molecule has 2 rings (SSSR count). The van der Waals surface area contributed by atoms with Gasteiger partial charge in [-0.1, -0.05) is 38.1 Å². The number of carbonyl (C=O) groups is 1. The van der Waals surface area contributed by atoms with Crippen LogP contribution in [0.5, 0.6) is 0 Å². The van der Waals surface area contributed by atoms with E-state index in [2.05, 4.69) is 17.4 Å². The number of piperidine rings is 1. The third kappa shape index (κ3) is 3.35. The quantitative estimate of drug-likeness (QED) is 0.876. The number of hydrogen-bond acceptors (Lipinski definition) is 2. The molecule has 2 unspecified atom stereocenters. The van der Waals surface area contributed by atoms with E-state index in [1.54, 1.807) is 0 Å². The highest BCUT2D eigenvalue weighted by molar-refractivity contribution is 5.76. The molecule has 104 valence electrons. The van der Waals surface area contributed by atoms with Crippen molar-refractivity contribution in [1.29, 1.82) is 0 Å². The van der Waals surface area contributed by atoms with Crippen LogP contribution in [0, 0.1) is 5.92 Å². The van der Waals surface area contributed by atoms with Gasteiger partial charge in [0.1, 0.15) is 0 Å². The predicted octanol–water partition coefficient (Wildman–Crippen LogP) is 2.98. The van der Waals surface area contributed by atoms with Crippen LogP contribution < -0.4 is 5.32 Å². The van der Waals surface area contributed by atoms with Crippen LogP contribution in [0.1, 0.15) is 49.7 Å². The molecule has 0 bridgehead atoms. The molecule has 1 heterocycles. The van der Waals surface area contributed by atoms with Gasteiger partial charge in [0.2, 0.25) is 0 Å². The summed E-state index contributed by atoms with van der Waals surface area (Å²) in [5.74, 6) is -0.453. The molecule has 3 nitrogen and oxygen atoms in total. The molecule has 1 fully saturated rings. The van der Waals surface area contributed by atoms with Gasteiger partial charge < -0.3 is 10.4 Å². The number of hydrogen-bond donors (Lipinski definition) is 2. The molecule has 1 saturated heterocycles. The van der Waals surface area contributed by atoms with Crippen molar-refractivity contribution in [2.75, 3.05) is 13.1 Å². The Labute approximate surface area is 115 Å². The maximum Gasteiger partial charge on any atom is 0.311 e. The van der Waals surface area contributed by atoms with Crippen molar-refractivity contribution < 1.29 is 9.90 Å². The highest BCUT2D eigenvalue weighted by Gasteiger charge is 2.24. The largest absolute Gasteiger partial charge is 0.481 e. The summed E-state index contributed by atoms with van der Waals surface area (Å²) < 4.78 is 0. The number of carboxylic acid groups (broad SMARTS) is 1. The molecule has 0 spiro atoms. The minimum Gasteiger partial charge on any atom is -0.481 e. The molecule has 0 aromatic heterocycles. The minimum atomic E-state index is -0.734. The Morgan fingerprint density at radius 1 is 1.32 bits per heavy atom. The van der Waals surface area contributed by atoms with Crippen molar-refractivity contribution in [2.45, 2.75) is 38.5 Å². The zero-order valence-electron chi connectivity index (χ0n) is 11.7. The first kappa shape index (κ1) is 14.1. The van der Waals surface area contributed by atoms with Crippen LogP contribution in [-0.2, 0) is 4.79 Å². The molecule has 2 N–H and O–H groups in total. The standard InChI is InChI=1S/C16H23NO2/c1-11(2)15(16(18)19)13-7-5-12(6-8-13)14-4-3-9-17-10-14/h5-8,11,14-15,17H,3-4,9-10H2,1-2H3,(H,18,19). The van der Waals surface area contributed by atoms with Gasteiger partial charge in [-0.3, -0.25) is 4.79 Å². The Bertz CT molecular complexity index is 419. The highest BCUT2D eigenvalue weighted by atomic mass is 16.4. The van der Waals surface area contributed by atoms with E-state index in [-0.39, 0.29) is 5.92 Å². The smallest absolute Gasteiger partial charge is 0.311 e. The SMILES string of the molecule is CC(C)C(C(=O)O)c1ccc(C2CCCNC2)cc1. The van der Waals surface area contributed by atoms with Crippen molar-refractivity contribution in [2.24, 2.45) is 5.92 Å². The molecule has 1 aliphatic rings. The fourth-order valence-corrected chi connectivity index (χ4v) is 2.92. The summed E-state index contributed by atoms with van der Waals surface area (Å²) in [6.45, 7) is 6.06. The molecule has 0 saturated carbocycles. The molecular formula is C16H23NO2. The van der Waals surface area contributed by atoms with Crippen LogP contribution in [0.25, 0.3) is 0 Å². The fraction of sp³-hybridized carbons (Fsp3) is 0.562. The van der Waals surface area contributed by atoms with Crippen LogP contribution in [0.15, 0.2) is 24.3 Å². The van der Waals surface area contributed by atoms with Gasteiger partial charge in [0.05, 0.1) is 5.92 Å². The molecule has 19 heavy (non-hydrogen) atoms. The van der Waals surface area contributed by atoms with E-state index in [0.29, 0.717) is 5.92 Å². The first-order valence-electron chi connectivity index (χ1n) is 7.13. The Hall–Kier alpha value is -1.35. The summed E-state index contributed by atoms with van der Waals surface area (Å²) in [6.07, 6.45) is 2.44. The van der Waals surface area contributed by atoms with Gasteiger partial charge in [-0.05, 0) is 42.3 Å². The van der Waals surface area contributed by atoms with Gasteiger partial charge in [0.15, 0.2) is 0 Å². The van der Waals surface area contributed by atoms with Crippen LogP contribution in [0.3, 0.4) is 0 Å². The number of carboxylic acids is 1. The van der Waals surface area contributed by atoms with Crippen LogP contribution in [0.2, 0.25) is 0 Å². The maximum atomic E-state index is 11.3. The van der Waals surface area contributed by atoms with Gasteiger partial charge in [0.25, 0.3) is 0 Å². The van der Waals surface area contributed by atoms with Gasteiger partial charge in [-0.2, -0.15) is 0 Å². The third-order valence-corrected chi connectivity index (χ3v) is 4.00. The zero-order valence-corrected chi connectivity index (χ0v) is 11.7. The molecule has 0 aliphatic carbocycles. The number of nitrogens with one attached hydrogen (secondary N) is 1. The first-order chi connectivity index (χ1) is 9.09. The molecule has 1 aromatic carbocycles. The molecule has 1 aromatic rings. The minimum absolute atomic E-state index is 0.111. The van der Waals surface area contributed by atoms with Crippen molar-refractivity contribution in [3.63, 3.8) is 0 Å². The summed E-state index contributed by atoms with van der Waals surface area (Å²) in [7, 11) is 0. The molecule has 3 heteroatoms. The first-order valence-corrected chi connectivity index (χ1v) is 7.13. The molecular weight excluding hydrogens is 238 g/mol. The third-order valence-electron chi connectivity index (χ3n) is 4.00. The average Bonchev–Trinajstić information content (AvgIpc) is 2.40. The predicted molar refractivity (Wildman–Crippen MR) is 76.5 cm³/mol. The summed E-state index contributed by atoms with van der Waals surface area (Å²) in [5.41, 5.74) is 2.24. The van der Waals surface area contributed by atoms with E-state index in [1.807, 2.05) is 26.0 Å². The van der Waals surface area contributed by atoms with Gasteiger partial charge >= 0.3 is 5.97 Å². The zero-order chi connectivity index (χ0) is 13.8. The van der Waals surface area contributed by atoms with Gasteiger partial charge in [0, 0.05) is 6.54 Å². The van der Waals surface area contributed by atoms with Crippen LogP contribution in [0.4, 0.5) is 0 Å². The topological polar surface area (TPSA) is 49.3 Å². The highest BCUT2D eigenvalue weighted by Crippen LogP contribution is 2.28. The lowest BCUT2D eigenvalue weighted by molar-refractivity contribution is -0.139. The van der Waals surface area contributed by atoms with Crippen LogP contribution in [-0.4, -0.2) is 24.2 Å². The van der Waals surface area contributed by atoms with Crippen molar-refractivity contribution >= 4 is 5.97 Å². The van der Waals surface area contributed by atoms with E-state index in [1.165, 1.54) is 18.4 Å². The lowest BCUT2D eigenvalue weighted by Gasteiger charge is -2.24. The lowest BCUT2D eigenvalue weighted by atomic mass is 9.86. The molecule has 0 amide bonds. The Morgan fingerprint density at radius 3 is 2.47 bits per heavy atom. The molecule has 1 aliphatic heterocycles. The van der Waals surface area contributed by atoms with E-state index in [4.69, 9.17) is 0 Å².